The summed E-state index contributed by atoms with van der Waals surface area (Å²) in [5.74, 6) is 0.744. The third-order valence-electron chi connectivity index (χ3n) is 4.03. The molecule has 1 aliphatic rings. The molecular formula is C18H18F3NO. The van der Waals surface area contributed by atoms with Gasteiger partial charge >= 0.3 is 6.18 Å². The van der Waals surface area contributed by atoms with E-state index < -0.39 is 11.7 Å². The van der Waals surface area contributed by atoms with Crippen LogP contribution in [0.1, 0.15) is 30.0 Å². The van der Waals surface area contributed by atoms with E-state index in [1.165, 1.54) is 17.7 Å². The van der Waals surface area contributed by atoms with Crippen molar-refractivity contribution in [3.63, 3.8) is 0 Å². The van der Waals surface area contributed by atoms with Crippen molar-refractivity contribution in [1.82, 2.24) is 0 Å². The normalized spacial score (nSPS) is 17.3. The van der Waals surface area contributed by atoms with Crippen molar-refractivity contribution in [3.8, 4) is 5.75 Å². The summed E-state index contributed by atoms with van der Waals surface area (Å²) in [7, 11) is 0. The molecule has 2 nitrogen and oxygen atoms in total. The fourth-order valence-electron chi connectivity index (χ4n) is 2.71. The lowest BCUT2D eigenvalue weighted by atomic mass is 9.98. The van der Waals surface area contributed by atoms with Gasteiger partial charge in [0.15, 0.2) is 0 Å². The highest BCUT2D eigenvalue weighted by atomic mass is 19.4. The first kappa shape index (κ1) is 15.7. The number of alkyl halides is 3. The predicted octanol–water partition coefficient (Wildman–Crippen LogP) is 5.03. The minimum Gasteiger partial charge on any atom is -0.487 e. The number of benzene rings is 2. The van der Waals surface area contributed by atoms with Crippen LogP contribution >= 0.6 is 0 Å². The number of fused-ring (bicyclic) bond motifs is 1. The number of para-hydroxylation sites is 1. The zero-order chi connectivity index (χ0) is 16.4. The Morgan fingerprint density at radius 2 is 1.87 bits per heavy atom. The summed E-state index contributed by atoms with van der Waals surface area (Å²) in [6.07, 6.45) is -2.23. The van der Waals surface area contributed by atoms with Crippen LogP contribution in [-0.2, 0) is 19.2 Å². The molecule has 2 aromatic rings. The second-order valence-corrected chi connectivity index (χ2v) is 5.86. The van der Waals surface area contributed by atoms with Gasteiger partial charge in [0, 0.05) is 6.04 Å². The topological polar surface area (TPSA) is 21.3 Å². The van der Waals surface area contributed by atoms with Gasteiger partial charge in [0.1, 0.15) is 12.4 Å². The van der Waals surface area contributed by atoms with E-state index >= 15 is 0 Å². The van der Waals surface area contributed by atoms with Crippen molar-refractivity contribution in [2.24, 2.45) is 0 Å². The van der Waals surface area contributed by atoms with Crippen LogP contribution in [0.4, 0.5) is 18.9 Å². The van der Waals surface area contributed by atoms with Crippen molar-refractivity contribution >= 4 is 5.69 Å². The summed E-state index contributed by atoms with van der Waals surface area (Å²) in [6.45, 7) is 2.36. The SMILES string of the molecule is C[C@H]1CCc2cccc(OCc3ccc(C(F)(F)F)cc3)c2N1. The van der Waals surface area contributed by atoms with Crippen LogP contribution in [-0.4, -0.2) is 6.04 Å². The van der Waals surface area contributed by atoms with Gasteiger partial charge in [0.25, 0.3) is 0 Å². The van der Waals surface area contributed by atoms with Crippen LogP contribution in [0.25, 0.3) is 0 Å². The number of hydrogen-bond acceptors (Lipinski definition) is 2. The second kappa shape index (κ2) is 6.14. The number of halogens is 3. The molecule has 23 heavy (non-hydrogen) atoms. The molecule has 0 saturated carbocycles. The molecular weight excluding hydrogens is 303 g/mol. The third kappa shape index (κ3) is 3.60. The van der Waals surface area contributed by atoms with Gasteiger partial charge in [-0.1, -0.05) is 24.3 Å². The Bertz CT molecular complexity index is 680. The number of anilines is 1. The second-order valence-electron chi connectivity index (χ2n) is 5.86. The number of aryl methyl sites for hydroxylation is 1. The lowest BCUT2D eigenvalue weighted by molar-refractivity contribution is -0.137. The van der Waals surface area contributed by atoms with Crippen LogP contribution in [0.5, 0.6) is 5.75 Å². The molecule has 2 aromatic carbocycles. The average molecular weight is 321 g/mol. The quantitative estimate of drug-likeness (QED) is 0.856. The number of ether oxygens (including phenoxy) is 1. The predicted molar refractivity (Wildman–Crippen MR) is 83.6 cm³/mol. The Kier molecular flexibility index (Phi) is 4.20. The third-order valence-corrected chi connectivity index (χ3v) is 4.03. The molecule has 1 atom stereocenters. The molecule has 5 heteroatoms. The molecule has 0 aliphatic carbocycles. The summed E-state index contributed by atoms with van der Waals surface area (Å²) >= 11 is 0. The summed E-state index contributed by atoms with van der Waals surface area (Å²) in [6, 6.07) is 11.4. The van der Waals surface area contributed by atoms with Crippen LogP contribution in [0, 0.1) is 0 Å². The molecule has 0 radical (unpaired) electrons. The van der Waals surface area contributed by atoms with Gasteiger partial charge in [-0.2, -0.15) is 13.2 Å². The molecule has 122 valence electrons. The molecule has 0 spiro atoms. The van der Waals surface area contributed by atoms with Gasteiger partial charge < -0.3 is 10.1 Å². The molecule has 0 saturated heterocycles. The van der Waals surface area contributed by atoms with Crippen LogP contribution < -0.4 is 10.1 Å². The largest absolute Gasteiger partial charge is 0.487 e. The monoisotopic (exact) mass is 321 g/mol. The Balaban J connectivity index is 1.72. The highest BCUT2D eigenvalue weighted by molar-refractivity contribution is 5.64. The maximum atomic E-state index is 12.6. The molecule has 0 fully saturated rings. The van der Waals surface area contributed by atoms with Crippen LogP contribution in [0.2, 0.25) is 0 Å². The highest BCUT2D eigenvalue weighted by Crippen LogP contribution is 2.34. The van der Waals surface area contributed by atoms with E-state index in [0.717, 1.165) is 36.4 Å². The van der Waals surface area contributed by atoms with Gasteiger partial charge in [-0.3, -0.25) is 0 Å². The molecule has 1 aliphatic heterocycles. The van der Waals surface area contributed by atoms with Crippen molar-refractivity contribution in [1.29, 1.82) is 0 Å². The molecule has 0 unspecified atom stereocenters. The van der Waals surface area contributed by atoms with Crippen LogP contribution in [0.15, 0.2) is 42.5 Å². The lowest BCUT2D eigenvalue weighted by Crippen LogP contribution is -2.22. The zero-order valence-electron chi connectivity index (χ0n) is 12.8. The van der Waals surface area contributed by atoms with Crippen molar-refractivity contribution < 1.29 is 17.9 Å². The minimum atomic E-state index is -4.31. The summed E-state index contributed by atoms with van der Waals surface area (Å²) in [5.41, 5.74) is 2.28. The first-order valence-corrected chi connectivity index (χ1v) is 7.61. The Morgan fingerprint density at radius 1 is 1.13 bits per heavy atom. The molecule has 0 aromatic heterocycles. The summed E-state index contributed by atoms with van der Waals surface area (Å²) in [5, 5.41) is 3.42. The standard InChI is InChI=1S/C18H18F3NO/c1-12-5-8-14-3-2-4-16(17(14)22-12)23-11-13-6-9-15(10-7-13)18(19,20)21/h2-4,6-7,9-10,12,22H,5,8,11H2,1H3/t12-/m0/s1. The van der Waals surface area contributed by atoms with E-state index in [4.69, 9.17) is 4.74 Å². The van der Waals surface area contributed by atoms with E-state index in [0.29, 0.717) is 11.6 Å². The maximum absolute atomic E-state index is 12.6. The van der Waals surface area contributed by atoms with Crippen LogP contribution in [0.3, 0.4) is 0 Å². The van der Waals surface area contributed by atoms with E-state index in [-0.39, 0.29) is 6.61 Å². The van der Waals surface area contributed by atoms with Gasteiger partial charge in [0.05, 0.1) is 11.3 Å². The average Bonchev–Trinajstić information content (AvgIpc) is 2.52. The van der Waals surface area contributed by atoms with E-state index in [1.807, 2.05) is 12.1 Å². The minimum absolute atomic E-state index is 0.241. The molecule has 0 amide bonds. The van der Waals surface area contributed by atoms with Gasteiger partial charge in [-0.25, -0.2) is 0 Å². The number of rotatable bonds is 3. The Hall–Kier alpha value is -2.17. The highest BCUT2D eigenvalue weighted by Gasteiger charge is 2.29. The van der Waals surface area contributed by atoms with Crippen molar-refractivity contribution in [2.45, 2.75) is 38.6 Å². The Morgan fingerprint density at radius 3 is 2.57 bits per heavy atom. The van der Waals surface area contributed by atoms with E-state index in [9.17, 15) is 13.2 Å². The van der Waals surface area contributed by atoms with E-state index in [2.05, 4.69) is 18.3 Å². The Labute approximate surface area is 133 Å². The smallest absolute Gasteiger partial charge is 0.416 e. The first-order chi connectivity index (χ1) is 10.9. The first-order valence-electron chi connectivity index (χ1n) is 7.61. The van der Waals surface area contributed by atoms with E-state index in [1.54, 1.807) is 0 Å². The van der Waals surface area contributed by atoms with Crippen molar-refractivity contribution in [2.75, 3.05) is 5.32 Å². The lowest BCUT2D eigenvalue weighted by Gasteiger charge is -2.26. The molecule has 0 bridgehead atoms. The van der Waals surface area contributed by atoms with Crippen molar-refractivity contribution in [3.05, 3.63) is 59.2 Å². The number of nitrogens with one attached hydrogen (secondary N) is 1. The zero-order valence-corrected chi connectivity index (χ0v) is 12.8. The summed E-state index contributed by atoms with van der Waals surface area (Å²) in [4.78, 5) is 0. The molecule has 1 heterocycles. The number of hydrogen-bond donors (Lipinski definition) is 1. The maximum Gasteiger partial charge on any atom is 0.416 e. The van der Waals surface area contributed by atoms with Gasteiger partial charge in [-0.05, 0) is 49.1 Å². The molecule has 1 N–H and O–H groups in total. The fraction of sp³-hybridized carbons (Fsp3) is 0.333. The molecule has 3 rings (SSSR count). The fourth-order valence-corrected chi connectivity index (χ4v) is 2.71. The van der Waals surface area contributed by atoms with Gasteiger partial charge in [0.2, 0.25) is 0 Å². The summed E-state index contributed by atoms with van der Waals surface area (Å²) < 4.78 is 43.5. The van der Waals surface area contributed by atoms with Gasteiger partial charge in [-0.15, -0.1) is 0 Å².